The van der Waals surface area contributed by atoms with E-state index in [0.29, 0.717) is 12.2 Å². The van der Waals surface area contributed by atoms with Gasteiger partial charge in [0.15, 0.2) is 0 Å². The predicted octanol–water partition coefficient (Wildman–Crippen LogP) is 1.02. The van der Waals surface area contributed by atoms with Crippen LogP contribution in [0.15, 0.2) is 12.4 Å². The van der Waals surface area contributed by atoms with Gasteiger partial charge in [0, 0.05) is 6.20 Å². The zero-order valence-electron chi connectivity index (χ0n) is 7.02. The first-order valence-corrected chi connectivity index (χ1v) is 3.61. The van der Waals surface area contributed by atoms with E-state index in [1.165, 1.54) is 0 Å². The molecule has 64 valence electrons. The lowest BCUT2D eigenvalue weighted by Crippen LogP contribution is -2.01. The summed E-state index contributed by atoms with van der Waals surface area (Å²) in [6, 6.07) is 0. The van der Waals surface area contributed by atoms with E-state index in [9.17, 15) is 4.79 Å². The molecule has 1 atom stereocenters. The van der Waals surface area contributed by atoms with Gasteiger partial charge in [0.1, 0.15) is 6.10 Å². The third kappa shape index (κ3) is 2.02. The van der Waals surface area contributed by atoms with Crippen molar-refractivity contribution in [2.75, 3.05) is 0 Å². The normalized spacial score (nSPS) is 12.2. The van der Waals surface area contributed by atoms with Crippen LogP contribution in [0.4, 0.5) is 0 Å². The monoisotopic (exact) mass is 166 g/mol. The summed E-state index contributed by atoms with van der Waals surface area (Å²) < 4.78 is 4.68. The molecule has 1 rings (SSSR count). The molecule has 1 aromatic heterocycles. The average Bonchev–Trinajstić information content (AvgIpc) is 2.06. The summed E-state index contributed by atoms with van der Waals surface area (Å²) in [6.07, 6.45) is 2.92. The van der Waals surface area contributed by atoms with Gasteiger partial charge in [-0.3, -0.25) is 14.8 Å². The first kappa shape index (κ1) is 8.64. The zero-order valence-corrected chi connectivity index (χ0v) is 7.02. The molecule has 12 heavy (non-hydrogen) atoms. The highest BCUT2D eigenvalue weighted by Crippen LogP contribution is 2.10. The van der Waals surface area contributed by atoms with Gasteiger partial charge < -0.3 is 4.74 Å². The van der Waals surface area contributed by atoms with Crippen molar-refractivity contribution in [1.29, 1.82) is 0 Å². The Hall–Kier alpha value is -1.45. The molecule has 0 fully saturated rings. The summed E-state index contributed by atoms with van der Waals surface area (Å²) >= 11 is 0. The van der Waals surface area contributed by atoms with Gasteiger partial charge in [0.05, 0.1) is 17.6 Å². The van der Waals surface area contributed by atoms with E-state index < -0.39 is 0 Å². The minimum Gasteiger partial charge on any atom is -0.458 e. The van der Waals surface area contributed by atoms with Crippen LogP contribution in [0.5, 0.6) is 0 Å². The smallest absolute Gasteiger partial charge is 0.293 e. The van der Waals surface area contributed by atoms with E-state index in [0.717, 1.165) is 5.69 Å². The molecule has 0 aromatic carbocycles. The van der Waals surface area contributed by atoms with E-state index in [-0.39, 0.29) is 6.10 Å². The Bertz CT molecular complexity index is 258. The highest BCUT2D eigenvalue weighted by Gasteiger charge is 2.06. The fraction of sp³-hybridized carbons (Fsp3) is 0.375. The largest absolute Gasteiger partial charge is 0.458 e. The molecular formula is C8H10N2O2. The number of nitrogens with zero attached hydrogens (tertiary/aromatic N) is 2. The van der Waals surface area contributed by atoms with Crippen molar-refractivity contribution in [3.8, 4) is 0 Å². The molecule has 0 radical (unpaired) electrons. The highest BCUT2D eigenvalue weighted by atomic mass is 16.5. The molecule has 1 aromatic rings. The second-order valence-corrected chi connectivity index (χ2v) is 2.46. The van der Waals surface area contributed by atoms with Crippen molar-refractivity contribution in [3.05, 3.63) is 23.8 Å². The van der Waals surface area contributed by atoms with E-state index in [2.05, 4.69) is 14.7 Å². The minimum atomic E-state index is -0.324. The molecule has 0 saturated heterocycles. The van der Waals surface area contributed by atoms with Crippen LogP contribution in [0.1, 0.15) is 24.4 Å². The summed E-state index contributed by atoms with van der Waals surface area (Å²) in [5.41, 5.74) is 1.50. The summed E-state index contributed by atoms with van der Waals surface area (Å²) in [4.78, 5) is 18.1. The van der Waals surface area contributed by atoms with Crippen LogP contribution in [-0.2, 0) is 9.53 Å². The van der Waals surface area contributed by atoms with Gasteiger partial charge in [-0.15, -0.1) is 0 Å². The van der Waals surface area contributed by atoms with E-state index in [1.807, 2.05) is 6.92 Å². The number of carbonyl (C=O) groups excluding carboxylic acids is 1. The Morgan fingerprint density at radius 2 is 2.25 bits per heavy atom. The predicted molar refractivity (Wildman–Crippen MR) is 42.3 cm³/mol. The van der Waals surface area contributed by atoms with Crippen molar-refractivity contribution in [3.63, 3.8) is 0 Å². The molecule has 0 amide bonds. The van der Waals surface area contributed by atoms with E-state index in [4.69, 9.17) is 0 Å². The van der Waals surface area contributed by atoms with Crippen molar-refractivity contribution in [1.82, 2.24) is 9.97 Å². The van der Waals surface area contributed by atoms with Crippen LogP contribution in [0.25, 0.3) is 0 Å². The molecule has 1 heterocycles. The lowest BCUT2D eigenvalue weighted by molar-refractivity contribution is -0.133. The second-order valence-electron chi connectivity index (χ2n) is 2.46. The first-order valence-electron chi connectivity index (χ1n) is 3.61. The molecule has 0 aliphatic heterocycles. The second kappa shape index (κ2) is 3.80. The Kier molecular flexibility index (Phi) is 2.74. The van der Waals surface area contributed by atoms with Gasteiger partial charge in [-0.05, 0) is 13.8 Å². The van der Waals surface area contributed by atoms with Crippen LogP contribution in [0.3, 0.4) is 0 Å². The van der Waals surface area contributed by atoms with E-state index in [1.54, 1.807) is 19.3 Å². The van der Waals surface area contributed by atoms with Gasteiger partial charge >= 0.3 is 0 Å². The molecule has 0 spiro atoms. The third-order valence-electron chi connectivity index (χ3n) is 1.48. The Morgan fingerprint density at radius 3 is 2.75 bits per heavy atom. The van der Waals surface area contributed by atoms with Crippen LogP contribution >= 0.6 is 0 Å². The Labute approximate surface area is 70.6 Å². The number of aryl methyl sites for hydroxylation is 1. The summed E-state index contributed by atoms with van der Waals surface area (Å²) in [7, 11) is 0. The van der Waals surface area contributed by atoms with Crippen LogP contribution in [0, 0.1) is 6.92 Å². The molecular weight excluding hydrogens is 156 g/mol. The fourth-order valence-corrected chi connectivity index (χ4v) is 0.766. The van der Waals surface area contributed by atoms with Crippen molar-refractivity contribution >= 4 is 6.47 Å². The number of hydrogen-bond acceptors (Lipinski definition) is 4. The SMILES string of the molecule is Cc1cnc(C(C)OC=O)cn1. The molecule has 4 nitrogen and oxygen atoms in total. The molecule has 4 heteroatoms. The maximum Gasteiger partial charge on any atom is 0.293 e. The van der Waals surface area contributed by atoms with Crippen LogP contribution in [-0.4, -0.2) is 16.4 Å². The molecule has 0 aliphatic carbocycles. The topological polar surface area (TPSA) is 52.1 Å². The standard InChI is InChI=1S/C8H10N2O2/c1-6-3-10-8(4-9-6)7(2)12-5-11/h3-5,7H,1-2H3. The highest BCUT2D eigenvalue weighted by molar-refractivity contribution is 5.37. The third-order valence-corrected chi connectivity index (χ3v) is 1.48. The number of aromatic nitrogens is 2. The molecule has 0 bridgehead atoms. The van der Waals surface area contributed by atoms with Crippen LogP contribution < -0.4 is 0 Å². The Morgan fingerprint density at radius 1 is 1.50 bits per heavy atom. The molecule has 0 aliphatic rings. The molecule has 0 N–H and O–H groups in total. The first-order chi connectivity index (χ1) is 5.74. The van der Waals surface area contributed by atoms with Gasteiger partial charge in [-0.2, -0.15) is 0 Å². The number of ether oxygens (including phenoxy) is 1. The van der Waals surface area contributed by atoms with Gasteiger partial charge in [0.25, 0.3) is 6.47 Å². The zero-order chi connectivity index (χ0) is 8.97. The van der Waals surface area contributed by atoms with Crippen molar-refractivity contribution in [2.45, 2.75) is 20.0 Å². The maximum absolute atomic E-state index is 9.99. The lowest BCUT2D eigenvalue weighted by Gasteiger charge is -2.07. The van der Waals surface area contributed by atoms with E-state index >= 15 is 0 Å². The summed E-state index contributed by atoms with van der Waals surface area (Å²) in [6.45, 7) is 4.00. The minimum absolute atomic E-state index is 0.324. The molecule has 0 saturated carbocycles. The van der Waals surface area contributed by atoms with Crippen molar-refractivity contribution in [2.24, 2.45) is 0 Å². The quantitative estimate of drug-likeness (QED) is 0.629. The van der Waals surface area contributed by atoms with Crippen molar-refractivity contribution < 1.29 is 9.53 Å². The van der Waals surface area contributed by atoms with Crippen LogP contribution in [0.2, 0.25) is 0 Å². The Balaban J connectivity index is 2.74. The van der Waals surface area contributed by atoms with Gasteiger partial charge in [-0.25, -0.2) is 0 Å². The number of carbonyl (C=O) groups is 1. The average molecular weight is 166 g/mol. The van der Waals surface area contributed by atoms with Gasteiger partial charge in [-0.1, -0.05) is 0 Å². The number of rotatable bonds is 3. The van der Waals surface area contributed by atoms with Gasteiger partial charge in [0.2, 0.25) is 0 Å². The maximum atomic E-state index is 9.99. The summed E-state index contributed by atoms with van der Waals surface area (Å²) in [5, 5.41) is 0. The fourth-order valence-electron chi connectivity index (χ4n) is 0.766. The molecule has 1 unspecified atom stereocenters. The lowest BCUT2D eigenvalue weighted by atomic mass is 10.3. The summed E-state index contributed by atoms with van der Waals surface area (Å²) in [5.74, 6) is 0. The number of hydrogen-bond donors (Lipinski definition) is 0.